The van der Waals surface area contributed by atoms with Crippen molar-refractivity contribution in [1.82, 2.24) is 20.4 Å². The second-order valence-electron chi connectivity index (χ2n) is 33.5. The van der Waals surface area contributed by atoms with Gasteiger partial charge < -0.3 is 86.2 Å². The van der Waals surface area contributed by atoms with Crippen molar-refractivity contribution < 1.29 is 75.5 Å². The highest BCUT2D eigenvalue weighted by Crippen LogP contribution is 2.60. The van der Waals surface area contributed by atoms with E-state index < -0.39 is 40.8 Å². The molecule has 10 atom stereocenters. The molecule has 3 N–H and O–H groups in total. The van der Waals surface area contributed by atoms with Crippen LogP contribution in [0.25, 0.3) is 0 Å². The Morgan fingerprint density at radius 3 is 1.26 bits per heavy atom. The summed E-state index contributed by atoms with van der Waals surface area (Å²) in [6.45, 7) is 28.3. The van der Waals surface area contributed by atoms with Gasteiger partial charge in [0.1, 0.15) is 30.2 Å². The first-order chi connectivity index (χ1) is 56.6. The fourth-order valence-corrected chi connectivity index (χ4v) is 29.4. The third kappa shape index (κ3) is 14.6. The lowest BCUT2D eigenvalue weighted by Gasteiger charge is -2.57. The molecule has 22 nitrogen and oxygen atoms in total. The van der Waals surface area contributed by atoms with Gasteiger partial charge in [0.05, 0.1) is 90.2 Å². The predicted octanol–water partition coefficient (Wildman–Crippen LogP) is 12.4. The van der Waals surface area contributed by atoms with Gasteiger partial charge in [0, 0.05) is 82.9 Å². The molecule has 8 aliphatic heterocycles. The molecule has 117 heavy (non-hydrogen) atoms. The van der Waals surface area contributed by atoms with E-state index in [4.69, 9.17) is 70.4 Å². The number of hydrogen-bond donors (Lipinski definition) is 3. The Morgan fingerprint density at radius 2 is 0.880 bits per heavy atom. The molecule has 4 bridgehead atoms. The first kappa shape index (κ1) is 82.6. The lowest BCUT2D eigenvalue weighted by Crippen LogP contribution is -2.70. The molecule has 8 aromatic carbocycles. The summed E-state index contributed by atoms with van der Waals surface area (Å²) in [5, 5.41) is 46.6. The first-order valence-corrected chi connectivity index (χ1v) is 44.4. The first-order valence-electron chi connectivity index (χ1n) is 40.6. The van der Waals surface area contributed by atoms with E-state index >= 15 is 0 Å². The molecule has 24 heteroatoms. The maximum atomic E-state index is 12.1. The number of benzene rings is 8. The Balaban J connectivity index is 0.000000184. The summed E-state index contributed by atoms with van der Waals surface area (Å²) in [6, 6.07) is 49.0. The van der Waals surface area contributed by atoms with Crippen molar-refractivity contribution >= 4 is 37.4 Å². The van der Waals surface area contributed by atoms with Crippen LogP contribution in [-0.4, -0.2) is 170 Å². The van der Waals surface area contributed by atoms with Gasteiger partial charge in [0.25, 0.3) is 16.6 Å². The average Bonchev–Trinajstić information content (AvgIpc) is 1.63. The van der Waals surface area contributed by atoms with E-state index in [2.05, 4.69) is 202 Å². The lowest BCUT2D eigenvalue weighted by molar-refractivity contribution is -0.0237. The minimum atomic E-state index is -3.05. The summed E-state index contributed by atoms with van der Waals surface area (Å²) >= 11 is 0. The topological polar surface area (TPSA) is 237 Å². The van der Waals surface area contributed by atoms with E-state index in [9.17, 15) is 15.6 Å². The van der Waals surface area contributed by atoms with Gasteiger partial charge in [-0.2, -0.15) is 10.5 Å². The summed E-state index contributed by atoms with van der Waals surface area (Å²) in [4.78, 5) is 4.76. The van der Waals surface area contributed by atoms with Crippen molar-refractivity contribution in [2.24, 2.45) is 0 Å². The monoisotopic (exact) mass is 1620 g/mol. The van der Waals surface area contributed by atoms with Crippen molar-refractivity contribution in [3.63, 3.8) is 0 Å². The number of rotatable bonds is 27. The molecule has 0 aromatic heterocycles. The number of phenols is 1. The van der Waals surface area contributed by atoms with Crippen molar-refractivity contribution in [3.05, 3.63) is 213 Å². The molecule has 0 spiro atoms. The number of ether oxygens (including phenoxy) is 13. The van der Waals surface area contributed by atoms with Gasteiger partial charge in [0.2, 0.25) is 13.6 Å². The third-order valence-corrected chi connectivity index (χ3v) is 35.0. The largest absolute Gasteiger partial charge is 0.507 e. The Labute approximate surface area is 689 Å². The summed E-state index contributed by atoms with van der Waals surface area (Å²) in [5.41, 5.74) is 11.2. The van der Waals surface area contributed by atoms with Gasteiger partial charge in [-0.3, -0.25) is 9.80 Å². The van der Waals surface area contributed by atoms with Crippen LogP contribution in [0, 0.1) is 50.4 Å². The number of nitriles is 2. The number of fused-ring (bicyclic) bond motifs is 18. The standard InChI is InChI=1S/C48H57N3O8Si.C45H53N3O8Si/c1-9-20-55-44-31(3)45-47(58-29-57-45)41-35(44)25-37-42-40-32(23-30(2)43(53-8)46(40)56-28-54-22-21-52-7)24-36(50-42)38(26-49)51(37)39(41)27-59-60(48(4,5)6,33-16-12-10-13-17-33)34-18-14-11-15-19-34;1-27-20-29-21-33-35(23-46)48-34(39(47-33)37(29)43(41(27)51-7)53-25-52-19-18-50-6)22-32-38(44-42(54-26-55-44)28(2)40(32)49)36(48)24-56-57(45(3,4)5,30-14-10-8-11-15-30)31-16-12-9-13-17-31/h9-19,23,36-39,42,50H,1,20-22,24-25,27-29H2,2-8H3;8-17,20,33-36,39,47,49H,18-19,21-22,24-26H2,1-7H3/t36-,37?,38-,39-,42-;33-,34?,35-,36-,39-/m00/s1. The van der Waals surface area contributed by atoms with Crippen molar-refractivity contribution in [2.45, 2.75) is 165 Å². The fourth-order valence-electron chi connectivity index (χ4n) is 20.3. The van der Waals surface area contributed by atoms with Crippen LogP contribution >= 0.6 is 0 Å². The second kappa shape index (κ2) is 34.5. The summed E-state index contributed by atoms with van der Waals surface area (Å²) in [5.74, 6) is 6.02. The van der Waals surface area contributed by atoms with Gasteiger partial charge in [-0.05, 0) is 106 Å². The van der Waals surface area contributed by atoms with Crippen LogP contribution in [0.4, 0.5) is 0 Å². The Hall–Kier alpha value is -9.49. The molecule has 0 aliphatic carbocycles. The van der Waals surface area contributed by atoms with Crippen molar-refractivity contribution in [2.75, 3.05) is 102 Å². The fraction of sp³-hybridized carbons (Fsp3) is 0.441. The van der Waals surface area contributed by atoms with Crippen LogP contribution in [0.15, 0.2) is 146 Å². The molecule has 2 unspecified atom stereocenters. The zero-order valence-corrected chi connectivity index (χ0v) is 71.7. The molecular weight excluding hydrogens is 1510 g/mol. The zero-order valence-electron chi connectivity index (χ0n) is 69.7. The number of aryl methyl sites for hydroxylation is 2. The molecule has 0 amide bonds. The number of aromatic hydroxyl groups is 1. The summed E-state index contributed by atoms with van der Waals surface area (Å²) < 4.78 is 94.2. The molecule has 8 aromatic rings. The van der Waals surface area contributed by atoms with Gasteiger partial charge >= 0.3 is 0 Å². The molecule has 0 saturated carbocycles. The number of hydrogen-bond acceptors (Lipinski definition) is 22. The Morgan fingerprint density at radius 1 is 0.496 bits per heavy atom. The van der Waals surface area contributed by atoms with Crippen LogP contribution in [-0.2, 0) is 53.5 Å². The Kier molecular flexibility index (Phi) is 24.3. The van der Waals surface area contributed by atoms with E-state index in [0.29, 0.717) is 110 Å². The van der Waals surface area contributed by atoms with Gasteiger partial charge in [-0.25, -0.2) is 0 Å². The normalized spacial score (nSPS) is 21.9. The highest BCUT2D eigenvalue weighted by atomic mass is 28.4. The maximum Gasteiger partial charge on any atom is 0.261 e. The highest BCUT2D eigenvalue weighted by molar-refractivity contribution is 7.00. The van der Waals surface area contributed by atoms with E-state index in [1.807, 2.05) is 39.8 Å². The molecule has 8 heterocycles. The molecule has 616 valence electrons. The molecule has 16 rings (SSSR count). The maximum absolute atomic E-state index is 12.1. The SMILES string of the molecule is C=CCOc1c(C)c2c(c3c1CC1[C@@H]4N[C@@H](Cc5cc(C)c(OC)c(OCOCCOC)c54)[C@H](C#N)N1[C@H]3CO[Si](c1ccccc1)(c1ccccc1)C(C)(C)C)OCO2.COCCOCOc1c(OC)c(C)cc2c1[C@H]1N[C@@H](C2)[C@H](C#N)N2C1Cc1c(O)c(C)c3c(c1[C@@H]2CO[Si](c1ccccc1)(c1ccccc1)C(C)(C)C)OCO3. The predicted molar refractivity (Wildman–Crippen MR) is 451 cm³/mol. The number of methoxy groups -OCH3 is 4. The van der Waals surface area contributed by atoms with Crippen LogP contribution in [0.2, 0.25) is 10.1 Å². The highest BCUT2D eigenvalue weighted by Gasteiger charge is 2.60. The average molecular weight is 1620 g/mol. The Bertz CT molecular complexity index is 4940. The molecule has 2 fully saturated rings. The smallest absolute Gasteiger partial charge is 0.261 e. The van der Waals surface area contributed by atoms with Crippen LogP contribution in [0.1, 0.15) is 132 Å². The van der Waals surface area contributed by atoms with Gasteiger partial charge in [0.15, 0.2) is 59.6 Å². The summed E-state index contributed by atoms with van der Waals surface area (Å²) in [7, 11) is 0.510. The van der Waals surface area contributed by atoms with Crippen molar-refractivity contribution in [3.8, 4) is 69.6 Å². The number of phenolic OH excluding ortho intramolecular Hbond substituents is 1. The summed E-state index contributed by atoms with van der Waals surface area (Å²) in [6.07, 6.45) is 3.98. The second-order valence-corrected chi connectivity index (χ2v) is 42.1. The van der Waals surface area contributed by atoms with E-state index in [-0.39, 0.29) is 92.5 Å². The molecule has 2 saturated heterocycles. The number of nitrogens with zero attached hydrogens (tertiary/aromatic N) is 4. The number of nitrogens with one attached hydrogen (secondary N) is 2. The molecule has 8 aliphatic rings. The minimum Gasteiger partial charge on any atom is -0.507 e. The van der Waals surface area contributed by atoms with E-state index in [0.717, 1.165) is 77.3 Å². The quantitative estimate of drug-likeness (QED) is 0.0188. The van der Waals surface area contributed by atoms with Gasteiger partial charge in [-0.1, -0.05) is 188 Å². The van der Waals surface area contributed by atoms with Crippen LogP contribution < -0.4 is 74.0 Å². The molecular formula is C93H110N6O16Si2. The van der Waals surface area contributed by atoms with Gasteiger partial charge in [-0.15, -0.1) is 0 Å². The minimum absolute atomic E-state index is 0.0161. The lowest BCUT2D eigenvalue weighted by atomic mass is 9.72. The van der Waals surface area contributed by atoms with E-state index in [1.54, 1.807) is 34.5 Å². The third-order valence-electron chi connectivity index (χ3n) is 25.0. The van der Waals surface area contributed by atoms with Crippen LogP contribution in [0.5, 0.6) is 57.5 Å². The molecule has 0 radical (unpaired) electrons. The van der Waals surface area contributed by atoms with Crippen LogP contribution in [0.3, 0.4) is 0 Å². The number of piperazine rings is 2. The zero-order chi connectivity index (χ0) is 82.2. The van der Waals surface area contributed by atoms with Crippen molar-refractivity contribution in [1.29, 1.82) is 10.5 Å². The van der Waals surface area contributed by atoms with E-state index in [1.165, 1.54) is 10.4 Å².